The number of pyridine rings is 1. The minimum atomic E-state index is -3.74. The molecule has 2 atom stereocenters. The summed E-state index contributed by atoms with van der Waals surface area (Å²) in [6.45, 7) is 2.43. The summed E-state index contributed by atoms with van der Waals surface area (Å²) in [6.07, 6.45) is 5.50. The summed E-state index contributed by atoms with van der Waals surface area (Å²) in [5, 5.41) is 4.95. The van der Waals surface area contributed by atoms with E-state index in [0.29, 0.717) is 18.5 Å². The summed E-state index contributed by atoms with van der Waals surface area (Å²) in [4.78, 5) is 4.53. The molecule has 4 rings (SSSR count). The average molecular weight is 372 g/mol. The highest BCUT2D eigenvalue weighted by atomic mass is 32.2. The van der Waals surface area contributed by atoms with Crippen LogP contribution in [0.1, 0.15) is 23.7 Å². The quantitative estimate of drug-likeness (QED) is 0.758. The van der Waals surface area contributed by atoms with Gasteiger partial charge in [0.25, 0.3) is 0 Å². The highest BCUT2D eigenvalue weighted by Crippen LogP contribution is 2.31. The van der Waals surface area contributed by atoms with Gasteiger partial charge < -0.3 is 4.74 Å². The van der Waals surface area contributed by atoms with Crippen LogP contribution in [0.25, 0.3) is 10.9 Å². The van der Waals surface area contributed by atoms with Crippen LogP contribution >= 0.6 is 0 Å². The van der Waals surface area contributed by atoms with Crippen molar-refractivity contribution in [3.63, 3.8) is 0 Å². The van der Waals surface area contributed by atoms with Crippen LogP contribution in [-0.4, -0.2) is 35.8 Å². The zero-order valence-electron chi connectivity index (χ0n) is 14.6. The number of para-hydroxylation sites is 1. The number of benzene rings is 1. The molecule has 1 aliphatic heterocycles. The Morgan fingerprint density at radius 3 is 2.92 bits per heavy atom. The minimum Gasteiger partial charge on any atom is -0.372 e. The zero-order valence-corrected chi connectivity index (χ0v) is 15.4. The maximum Gasteiger partial charge on any atom is 0.243 e. The van der Waals surface area contributed by atoms with Gasteiger partial charge in [-0.15, -0.1) is 0 Å². The van der Waals surface area contributed by atoms with Crippen molar-refractivity contribution in [3.05, 3.63) is 54.0 Å². The first-order valence-electron chi connectivity index (χ1n) is 8.42. The maximum absolute atomic E-state index is 13.0. The highest BCUT2D eigenvalue weighted by molar-refractivity contribution is 7.89. The third-order valence-electron chi connectivity index (χ3n) is 4.55. The Morgan fingerprint density at radius 2 is 2.15 bits per heavy atom. The number of aryl methyl sites for hydroxylation is 2. The van der Waals surface area contributed by atoms with Crippen molar-refractivity contribution in [2.45, 2.75) is 30.4 Å². The molecule has 3 heterocycles. The van der Waals surface area contributed by atoms with Crippen LogP contribution < -0.4 is 4.72 Å². The monoisotopic (exact) mass is 372 g/mol. The van der Waals surface area contributed by atoms with Crippen molar-refractivity contribution >= 4 is 20.9 Å². The number of fused-ring (bicyclic) bond motifs is 1. The van der Waals surface area contributed by atoms with Crippen LogP contribution in [0.3, 0.4) is 0 Å². The smallest absolute Gasteiger partial charge is 0.243 e. The number of hydrogen-bond donors (Lipinski definition) is 1. The Morgan fingerprint density at radius 1 is 1.31 bits per heavy atom. The molecule has 1 aliphatic rings. The van der Waals surface area contributed by atoms with E-state index < -0.39 is 10.0 Å². The second-order valence-corrected chi connectivity index (χ2v) is 8.28. The zero-order chi connectivity index (χ0) is 18.3. The second kappa shape index (κ2) is 6.46. The third-order valence-corrected chi connectivity index (χ3v) is 6.07. The fourth-order valence-corrected chi connectivity index (χ4v) is 4.80. The van der Waals surface area contributed by atoms with E-state index >= 15 is 0 Å². The fraction of sp³-hybridized carbons (Fsp3) is 0.333. The first-order chi connectivity index (χ1) is 12.4. The van der Waals surface area contributed by atoms with E-state index in [1.54, 1.807) is 29.2 Å². The van der Waals surface area contributed by atoms with E-state index in [2.05, 4.69) is 14.8 Å². The first kappa shape index (κ1) is 17.1. The largest absolute Gasteiger partial charge is 0.372 e. The molecule has 0 bridgehead atoms. The summed E-state index contributed by atoms with van der Waals surface area (Å²) in [6, 6.07) is 6.78. The van der Waals surface area contributed by atoms with Gasteiger partial charge in [-0.05, 0) is 31.0 Å². The average Bonchev–Trinajstić information content (AvgIpc) is 3.22. The molecule has 0 aliphatic carbocycles. The van der Waals surface area contributed by atoms with Gasteiger partial charge in [0.2, 0.25) is 10.0 Å². The number of aromatic nitrogens is 3. The van der Waals surface area contributed by atoms with Gasteiger partial charge in [0.05, 0.1) is 17.8 Å². The van der Waals surface area contributed by atoms with Crippen LogP contribution in [0.2, 0.25) is 0 Å². The molecule has 7 nitrogen and oxygen atoms in total. The molecule has 26 heavy (non-hydrogen) atoms. The van der Waals surface area contributed by atoms with Crippen molar-refractivity contribution in [1.82, 2.24) is 19.5 Å². The number of rotatable bonds is 4. The van der Waals surface area contributed by atoms with E-state index in [-0.39, 0.29) is 17.0 Å². The normalized spacial score (nSPS) is 20.7. The highest BCUT2D eigenvalue weighted by Gasteiger charge is 2.34. The summed E-state index contributed by atoms with van der Waals surface area (Å²) < 4.78 is 36.3. The van der Waals surface area contributed by atoms with Crippen molar-refractivity contribution in [3.8, 4) is 0 Å². The Labute approximate surface area is 152 Å². The van der Waals surface area contributed by atoms with Gasteiger partial charge in [-0.3, -0.25) is 9.67 Å². The van der Waals surface area contributed by atoms with Gasteiger partial charge >= 0.3 is 0 Å². The van der Waals surface area contributed by atoms with Gasteiger partial charge in [0.1, 0.15) is 11.0 Å². The van der Waals surface area contributed by atoms with Crippen LogP contribution in [0.5, 0.6) is 0 Å². The van der Waals surface area contributed by atoms with Gasteiger partial charge in [-0.25, -0.2) is 13.1 Å². The number of nitrogens with zero attached hydrogens (tertiary/aromatic N) is 3. The lowest BCUT2D eigenvalue weighted by Crippen LogP contribution is -2.36. The van der Waals surface area contributed by atoms with Crippen molar-refractivity contribution in [2.75, 3.05) is 6.61 Å². The maximum atomic E-state index is 13.0. The lowest BCUT2D eigenvalue weighted by atomic mass is 10.1. The van der Waals surface area contributed by atoms with E-state index in [9.17, 15) is 8.42 Å². The van der Waals surface area contributed by atoms with Crippen molar-refractivity contribution in [2.24, 2.45) is 7.05 Å². The minimum absolute atomic E-state index is 0.187. The van der Waals surface area contributed by atoms with Crippen LogP contribution in [0, 0.1) is 6.92 Å². The van der Waals surface area contributed by atoms with Crippen molar-refractivity contribution < 1.29 is 13.2 Å². The number of sulfonamides is 1. The first-order valence-corrected chi connectivity index (χ1v) is 9.90. The van der Waals surface area contributed by atoms with Crippen LogP contribution in [-0.2, 0) is 21.8 Å². The molecule has 1 saturated heterocycles. The van der Waals surface area contributed by atoms with Gasteiger partial charge in [-0.1, -0.05) is 12.1 Å². The molecule has 0 spiro atoms. The van der Waals surface area contributed by atoms with Gasteiger partial charge in [0.15, 0.2) is 0 Å². The SMILES string of the molecule is Cc1cnc2c(S(=O)(=O)N[C@H]3CCO[C@@H]3c3cnn(C)c3)cccc2c1. The molecule has 0 saturated carbocycles. The standard InChI is InChI=1S/C18H20N4O3S/c1-12-8-13-4-3-5-16(17(13)19-9-12)26(23,24)21-15-6-7-25-18(15)14-10-20-22(2)11-14/h3-5,8-11,15,18,21H,6-7H2,1-2H3/t15-,18+/m0/s1. The number of nitrogens with one attached hydrogen (secondary N) is 1. The second-order valence-electron chi connectivity index (χ2n) is 6.60. The predicted octanol–water partition coefficient (Wildman–Crippen LogP) is 2.09. The topological polar surface area (TPSA) is 86.1 Å². The molecule has 3 aromatic rings. The molecular weight excluding hydrogens is 352 g/mol. The summed E-state index contributed by atoms with van der Waals surface area (Å²) in [5.41, 5.74) is 2.33. The van der Waals surface area contributed by atoms with E-state index in [1.165, 1.54) is 0 Å². The lowest BCUT2D eigenvalue weighted by molar-refractivity contribution is 0.102. The molecule has 1 fully saturated rings. The third kappa shape index (κ3) is 3.11. The molecular formula is C18H20N4O3S. The van der Waals surface area contributed by atoms with Crippen molar-refractivity contribution in [1.29, 1.82) is 0 Å². The fourth-order valence-electron chi connectivity index (χ4n) is 3.35. The molecule has 0 radical (unpaired) electrons. The Kier molecular flexibility index (Phi) is 4.26. The van der Waals surface area contributed by atoms with Crippen LogP contribution in [0.4, 0.5) is 0 Å². The van der Waals surface area contributed by atoms with Crippen LogP contribution in [0.15, 0.2) is 47.8 Å². The molecule has 0 amide bonds. The van der Waals surface area contributed by atoms with Gasteiger partial charge in [-0.2, -0.15) is 5.10 Å². The molecule has 1 N–H and O–H groups in total. The van der Waals surface area contributed by atoms with E-state index in [4.69, 9.17) is 4.74 Å². The number of ether oxygens (including phenoxy) is 1. The summed E-state index contributed by atoms with van der Waals surface area (Å²) >= 11 is 0. The summed E-state index contributed by atoms with van der Waals surface area (Å²) in [5.74, 6) is 0. The van der Waals surface area contributed by atoms with E-state index in [1.807, 2.05) is 32.3 Å². The Balaban J connectivity index is 1.67. The Hall–Kier alpha value is -2.29. The van der Waals surface area contributed by atoms with Gasteiger partial charge in [0, 0.05) is 37.0 Å². The Bertz CT molecular complexity index is 1060. The molecule has 0 unspecified atom stereocenters. The predicted molar refractivity (Wildman–Crippen MR) is 97.1 cm³/mol. The number of hydrogen-bond acceptors (Lipinski definition) is 5. The lowest BCUT2D eigenvalue weighted by Gasteiger charge is -2.19. The van der Waals surface area contributed by atoms with E-state index in [0.717, 1.165) is 16.5 Å². The summed E-state index contributed by atoms with van der Waals surface area (Å²) in [7, 11) is -1.92. The molecule has 136 valence electrons. The molecule has 2 aromatic heterocycles. The molecule has 8 heteroatoms. The molecule has 1 aromatic carbocycles.